The smallest absolute Gasteiger partial charge is 0.115 e. The molecular formula is C22H28N2O. The van der Waals surface area contributed by atoms with Crippen LogP contribution in [0, 0.1) is 0 Å². The molecule has 2 aromatic carbocycles. The molecule has 0 aliphatic carbocycles. The molecule has 1 aliphatic heterocycles. The largest absolute Gasteiger partial charge is 0.508 e. The van der Waals surface area contributed by atoms with Crippen molar-refractivity contribution >= 4 is 0 Å². The van der Waals surface area contributed by atoms with Crippen LogP contribution in [0.2, 0.25) is 0 Å². The van der Waals surface area contributed by atoms with Crippen LogP contribution in [0.4, 0.5) is 0 Å². The second-order valence-corrected chi connectivity index (χ2v) is 7.05. The number of hydrogen-bond donors (Lipinski definition) is 1. The van der Waals surface area contributed by atoms with Gasteiger partial charge >= 0.3 is 0 Å². The molecule has 3 atom stereocenters. The van der Waals surface area contributed by atoms with Gasteiger partial charge in [-0.15, -0.1) is 6.58 Å². The van der Waals surface area contributed by atoms with Crippen LogP contribution < -0.4 is 0 Å². The molecule has 0 amide bonds. The summed E-state index contributed by atoms with van der Waals surface area (Å²) in [4.78, 5) is 5.05. The Morgan fingerprint density at radius 2 is 1.76 bits per heavy atom. The number of hydrogen-bond acceptors (Lipinski definition) is 3. The van der Waals surface area contributed by atoms with Gasteiger partial charge in [-0.3, -0.25) is 9.80 Å². The molecule has 1 heterocycles. The molecule has 3 rings (SSSR count). The van der Waals surface area contributed by atoms with Gasteiger partial charge < -0.3 is 5.11 Å². The fourth-order valence-electron chi connectivity index (χ4n) is 3.91. The molecule has 1 aliphatic rings. The minimum absolute atomic E-state index is 0.150. The van der Waals surface area contributed by atoms with Crippen molar-refractivity contribution in [2.45, 2.75) is 32.0 Å². The van der Waals surface area contributed by atoms with Crippen molar-refractivity contribution in [3.8, 4) is 5.75 Å². The van der Waals surface area contributed by atoms with Crippen LogP contribution in [0.25, 0.3) is 0 Å². The third-order valence-electron chi connectivity index (χ3n) is 5.16. The van der Waals surface area contributed by atoms with Crippen LogP contribution in [0.5, 0.6) is 5.75 Å². The quantitative estimate of drug-likeness (QED) is 0.834. The Hall–Kier alpha value is -2.10. The summed E-state index contributed by atoms with van der Waals surface area (Å²) in [5.74, 6) is 0.324. The lowest BCUT2D eigenvalue weighted by atomic mass is 9.93. The molecule has 3 nitrogen and oxygen atoms in total. The maximum atomic E-state index is 10.00. The van der Waals surface area contributed by atoms with Crippen molar-refractivity contribution in [3.05, 3.63) is 78.4 Å². The molecule has 1 N–H and O–H groups in total. The van der Waals surface area contributed by atoms with Crippen LogP contribution in [-0.2, 0) is 0 Å². The molecule has 0 aromatic heterocycles. The van der Waals surface area contributed by atoms with Crippen LogP contribution >= 0.6 is 0 Å². The first-order valence-electron chi connectivity index (χ1n) is 9.04. The van der Waals surface area contributed by atoms with Gasteiger partial charge in [0.05, 0.1) is 6.04 Å². The second kappa shape index (κ2) is 7.85. The maximum Gasteiger partial charge on any atom is 0.115 e. The SMILES string of the molecule is C=CCN1C[C@@H](C)N([C@H](c2ccccc2)c2cccc(O)c2)C[C@@H]1C. The van der Waals surface area contributed by atoms with E-state index in [9.17, 15) is 5.11 Å². The van der Waals surface area contributed by atoms with Crippen LogP contribution in [0.15, 0.2) is 67.3 Å². The van der Waals surface area contributed by atoms with Crippen molar-refractivity contribution in [3.63, 3.8) is 0 Å². The Morgan fingerprint density at radius 1 is 1.04 bits per heavy atom. The minimum Gasteiger partial charge on any atom is -0.508 e. The molecule has 3 heteroatoms. The molecule has 132 valence electrons. The summed E-state index contributed by atoms with van der Waals surface area (Å²) in [6.07, 6.45) is 1.99. The van der Waals surface area contributed by atoms with E-state index in [1.807, 2.05) is 18.2 Å². The number of nitrogens with zero attached hydrogens (tertiary/aromatic N) is 2. The fourth-order valence-corrected chi connectivity index (χ4v) is 3.91. The van der Waals surface area contributed by atoms with E-state index in [-0.39, 0.29) is 6.04 Å². The zero-order valence-electron chi connectivity index (χ0n) is 15.2. The maximum absolute atomic E-state index is 10.00. The van der Waals surface area contributed by atoms with Crippen molar-refractivity contribution in [2.24, 2.45) is 0 Å². The summed E-state index contributed by atoms with van der Waals surface area (Å²) >= 11 is 0. The normalized spacial score (nSPS) is 23.3. The van der Waals surface area contributed by atoms with E-state index in [1.165, 1.54) is 5.56 Å². The fraction of sp³-hybridized carbons (Fsp3) is 0.364. The number of rotatable bonds is 5. The average Bonchev–Trinajstić information content (AvgIpc) is 2.60. The monoisotopic (exact) mass is 336 g/mol. The Kier molecular flexibility index (Phi) is 5.57. The Balaban J connectivity index is 1.96. The van der Waals surface area contributed by atoms with Crippen molar-refractivity contribution < 1.29 is 5.11 Å². The summed E-state index contributed by atoms with van der Waals surface area (Å²) in [7, 11) is 0. The standard InChI is InChI=1S/C22H28N2O/c1-4-13-23-15-18(3)24(16-17(23)2)22(19-9-6-5-7-10-19)20-11-8-12-21(25)14-20/h4-12,14,17-18,22,25H,1,13,15-16H2,2-3H3/t17-,18+,22+/m0/s1. The average molecular weight is 336 g/mol. The van der Waals surface area contributed by atoms with Gasteiger partial charge in [0.25, 0.3) is 0 Å². The summed E-state index contributed by atoms with van der Waals surface area (Å²) in [6, 6.07) is 19.3. The summed E-state index contributed by atoms with van der Waals surface area (Å²) in [5, 5.41) is 10.00. The highest BCUT2D eigenvalue weighted by Gasteiger charge is 2.34. The van der Waals surface area contributed by atoms with E-state index in [1.54, 1.807) is 6.07 Å². The number of benzene rings is 2. The molecule has 0 saturated carbocycles. The first kappa shape index (κ1) is 17.7. The van der Waals surface area contributed by atoms with Gasteiger partial charge in [0, 0.05) is 31.7 Å². The van der Waals surface area contributed by atoms with Crippen LogP contribution in [-0.4, -0.2) is 46.6 Å². The number of phenols is 1. The predicted octanol–water partition coefficient (Wildman–Crippen LogP) is 4.06. The van der Waals surface area contributed by atoms with Crippen molar-refractivity contribution in [2.75, 3.05) is 19.6 Å². The molecule has 0 unspecified atom stereocenters. The van der Waals surface area contributed by atoms with Crippen LogP contribution in [0.3, 0.4) is 0 Å². The van der Waals surface area contributed by atoms with Crippen LogP contribution in [0.1, 0.15) is 31.0 Å². The number of piperazine rings is 1. The first-order valence-corrected chi connectivity index (χ1v) is 9.04. The molecule has 1 saturated heterocycles. The zero-order chi connectivity index (χ0) is 17.8. The molecule has 0 spiro atoms. The Morgan fingerprint density at radius 3 is 2.44 bits per heavy atom. The van der Waals surface area contributed by atoms with Gasteiger partial charge in [0.1, 0.15) is 5.75 Å². The van der Waals surface area contributed by atoms with Gasteiger partial charge in [0.2, 0.25) is 0 Å². The van der Waals surface area contributed by atoms with Gasteiger partial charge in [-0.25, -0.2) is 0 Å². The summed E-state index contributed by atoms with van der Waals surface area (Å²) in [5.41, 5.74) is 2.41. The molecule has 2 aromatic rings. The third-order valence-corrected chi connectivity index (χ3v) is 5.16. The zero-order valence-corrected chi connectivity index (χ0v) is 15.2. The van der Waals surface area contributed by atoms with E-state index in [0.717, 1.165) is 25.2 Å². The second-order valence-electron chi connectivity index (χ2n) is 7.05. The minimum atomic E-state index is 0.150. The first-order chi connectivity index (χ1) is 12.1. The summed E-state index contributed by atoms with van der Waals surface area (Å²) < 4.78 is 0. The Labute approximate surface area is 151 Å². The van der Waals surface area contributed by atoms with E-state index >= 15 is 0 Å². The lowest BCUT2D eigenvalue weighted by Gasteiger charge is -2.47. The van der Waals surface area contributed by atoms with Gasteiger partial charge in [-0.1, -0.05) is 48.5 Å². The lowest BCUT2D eigenvalue weighted by molar-refractivity contribution is 0.0306. The lowest BCUT2D eigenvalue weighted by Crippen LogP contribution is -2.57. The van der Waals surface area contributed by atoms with Crippen molar-refractivity contribution in [1.82, 2.24) is 9.80 Å². The highest BCUT2D eigenvalue weighted by molar-refractivity contribution is 5.36. The van der Waals surface area contributed by atoms with E-state index in [2.05, 4.69) is 66.6 Å². The third kappa shape index (κ3) is 3.94. The number of aromatic hydroxyl groups is 1. The highest BCUT2D eigenvalue weighted by atomic mass is 16.3. The summed E-state index contributed by atoms with van der Waals surface area (Å²) in [6.45, 7) is 11.4. The van der Waals surface area contributed by atoms with Gasteiger partial charge in [-0.05, 0) is 37.1 Å². The molecular weight excluding hydrogens is 308 g/mol. The molecule has 1 fully saturated rings. The highest BCUT2D eigenvalue weighted by Crippen LogP contribution is 2.34. The van der Waals surface area contributed by atoms with Crippen molar-refractivity contribution in [1.29, 1.82) is 0 Å². The number of phenolic OH excluding ortho intramolecular Hbond substituents is 1. The van der Waals surface area contributed by atoms with E-state index in [4.69, 9.17) is 0 Å². The predicted molar refractivity (Wildman–Crippen MR) is 104 cm³/mol. The van der Waals surface area contributed by atoms with E-state index in [0.29, 0.717) is 17.8 Å². The van der Waals surface area contributed by atoms with Gasteiger partial charge in [-0.2, -0.15) is 0 Å². The molecule has 0 radical (unpaired) electrons. The van der Waals surface area contributed by atoms with Gasteiger partial charge in [0.15, 0.2) is 0 Å². The Bertz CT molecular complexity index is 700. The molecule has 25 heavy (non-hydrogen) atoms. The molecule has 0 bridgehead atoms. The van der Waals surface area contributed by atoms with E-state index < -0.39 is 0 Å². The topological polar surface area (TPSA) is 26.7 Å².